The smallest absolute Gasteiger partial charge is 0.234 e. The first-order chi connectivity index (χ1) is 13.4. The van der Waals surface area contributed by atoms with Crippen LogP contribution in [0, 0.1) is 13.8 Å². The Morgan fingerprint density at radius 3 is 2.64 bits per heavy atom. The van der Waals surface area contributed by atoms with E-state index in [9.17, 15) is 9.90 Å². The van der Waals surface area contributed by atoms with Gasteiger partial charge < -0.3 is 15.0 Å². The zero-order chi connectivity index (χ0) is 20.3. The number of carbonyl (C=O) groups is 1. The molecular weight excluding hydrogens is 440 g/mol. The fourth-order valence-electron chi connectivity index (χ4n) is 2.74. The number of thioether (sulfide) groups is 1. The number of phenols is 1. The summed E-state index contributed by atoms with van der Waals surface area (Å²) in [6, 6.07) is 11.0. The minimum Gasteiger partial charge on any atom is -0.507 e. The number of anilines is 1. The lowest BCUT2D eigenvalue weighted by Crippen LogP contribution is -2.15. The van der Waals surface area contributed by atoms with Gasteiger partial charge in [-0.2, -0.15) is 0 Å². The van der Waals surface area contributed by atoms with Gasteiger partial charge in [0.1, 0.15) is 5.75 Å². The molecule has 8 heteroatoms. The first-order valence-corrected chi connectivity index (χ1v) is 10.6. The van der Waals surface area contributed by atoms with Gasteiger partial charge in [0.25, 0.3) is 0 Å². The third-order valence-corrected chi connectivity index (χ3v) is 5.99. The molecule has 0 saturated carbocycles. The summed E-state index contributed by atoms with van der Waals surface area (Å²) in [4.78, 5) is 12.4. The predicted octanol–water partition coefficient (Wildman–Crippen LogP) is 4.78. The van der Waals surface area contributed by atoms with E-state index in [-0.39, 0.29) is 17.4 Å². The van der Waals surface area contributed by atoms with Gasteiger partial charge >= 0.3 is 0 Å². The minimum atomic E-state index is -0.122. The Hall–Kier alpha value is -2.32. The Bertz CT molecular complexity index is 1020. The maximum atomic E-state index is 12.4. The highest BCUT2D eigenvalue weighted by Gasteiger charge is 2.17. The van der Waals surface area contributed by atoms with E-state index < -0.39 is 0 Å². The van der Waals surface area contributed by atoms with Gasteiger partial charge in [-0.25, -0.2) is 0 Å². The molecule has 146 valence electrons. The van der Waals surface area contributed by atoms with Crippen LogP contribution in [0.2, 0.25) is 0 Å². The van der Waals surface area contributed by atoms with Crippen LogP contribution in [-0.2, 0) is 11.3 Å². The fraction of sp³-hybridized carbons (Fsp3) is 0.250. The van der Waals surface area contributed by atoms with Gasteiger partial charge in [-0.1, -0.05) is 23.9 Å². The molecule has 0 radical (unpaired) electrons. The molecule has 2 aromatic carbocycles. The van der Waals surface area contributed by atoms with E-state index >= 15 is 0 Å². The molecule has 0 saturated heterocycles. The monoisotopic (exact) mass is 460 g/mol. The van der Waals surface area contributed by atoms with Gasteiger partial charge in [0, 0.05) is 11.0 Å². The van der Waals surface area contributed by atoms with Crippen LogP contribution in [0.1, 0.15) is 18.1 Å². The number of hydrogen-bond acceptors (Lipinski definition) is 5. The number of aromatic nitrogens is 3. The standard InChI is InChI=1S/C20H21BrN4O2S/c1-4-25-19(14-7-5-6-8-17(14)26)23-24-20(25)28-11-18(27)22-16-10-13(3)12(2)9-15(16)21/h5-10,26H,4,11H2,1-3H3,(H,22,27). The molecule has 0 spiro atoms. The summed E-state index contributed by atoms with van der Waals surface area (Å²) in [5.74, 6) is 0.820. The Morgan fingerprint density at radius 1 is 1.21 bits per heavy atom. The highest BCUT2D eigenvalue weighted by molar-refractivity contribution is 9.10. The second-order valence-corrected chi connectivity index (χ2v) is 8.12. The van der Waals surface area contributed by atoms with Crippen molar-refractivity contribution in [1.29, 1.82) is 0 Å². The number of para-hydroxylation sites is 1. The van der Waals surface area contributed by atoms with E-state index in [1.165, 1.54) is 11.8 Å². The summed E-state index contributed by atoms with van der Waals surface area (Å²) in [6.45, 7) is 6.64. The van der Waals surface area contributed by atoms with E-state index in [0.29, 0.717) is 23.1 Å². The lowest BCUT2D eigenvalue weighted by atomic mass is 10.1. The normalized spacial score (nSPS) is 10.9. The molecule has 28 heavy (non-hydrogen) atoms. The number of nitrogens with one attached hydrogen (secondary N) is 1. The molecule has 1 heterocycles. The third-order valence-electron chi connectivity index (χ3n) is 4.37. The fourth-order valence-corrected chi connectivity index (χ4v) is 4.09. The van der Waals surface area contributed by atoms with Gasteiger partial charge in [0.15, 0.2) is 11.0 Å². The van der Waals surface area contributed by atoms with Gasteiger partial charge in [-0.15, -0.1) is 10.2 Å². The van der Waals surface area contributed by atoms with Gasteiger partial charge in [-0.05, 0) is 72.1 Å². The Balaban J connectivity index is 1.72. The number of hydrogen-bond donors (Lipinski definition) is 2. The minimum absolute atomic E-state index is 0.122. The summed E-state index contributed by atoms with van der Waals surface area (Å²) in [5.41, 5.74) is 3.64. The van der Waals surface area contributed by atoms with Crippen LogP contribution in [0.5, 0.6) is 5.75 Å². The number of aryl methyl sites for hydroxylation is 2. The van der Waals surface area contributed by atoms with E-state index in [0.717, 1.165) is 21.3 Å². The van der Waals surface area contributed by atoms with E-state index in [1.807, 2.05) is 43.5 Å². The molecule has 0 bridgehead atoms. The summed E-state index contributed by atoms with van der Waals surface area (Å²) in [6.07, 6.45) is 0. The van der Waals surface area contributed by atoms with Crippen LogP contribution in [-0.4, -0.2) is 31.5 Å². The van der Waals surface area contributed by atoms with E-state index in [1.54, 1.807) is 18.2 Å². The topological polar surface area (TPSA) is 80.0 Å². The molecule has 0 atom stereocenters. The van der Waals surface area contributed by atoms with E-state index in [2.05, 4.69) is 31.4 Å². The highest BCUT2D eigenvalue weighted by Crippen LogP contribution is 2.30. The molecule has 3 rings (SSSR count). The van der Waals surface area contributed by atoms with Crippen molar-refractivity contribution in [2.24, 2.45) is 0 Å². The second-order valence-electron chi connectivity index (χ2n) is 6.32. The van der Waals surface area contributed by atoms with Crippen molar-refractivity contribution < 1.29 is 9.90 Å². The number of halogens is 1. The maximum absolute atomic E-state index is 12.4. The largest absolute Gasteiger partial charge is 0.507 e. The zero-order valence-corrected chi connectivity index (χ0v) is 18.3. The van der Waals surface area contributed by atoms with Gasteiger partial charge in [0.2, 0.25) is 5.91 Å². The number of carbonyl (C=O) groups excluding carboxylic acids is 1. The summed E-state index contributed by atoms with van der Waals surface area (Å²) < 4.78 is 2.74. The second kappa shape index (κ2) is 8.79. The number of aromatic hydroxyl groups is 1. The average Bonchev–Trinajstić information content (AvgIpc) is 3.07. The van der Waals surface area contributed by atoms with Crippen LogP contribution in [0.3, 0.4) is 0 Å². The molecule has 1 amide bonds. The molecular formula is C20H21BrN4O2S. The van der Waals surface area contributed by atoms with Crippen LogP contribution in [0.4, 0.5) is 5.69 Å². The number of phenolic OH excluding ortho intramolecular Hbond substituents is 1. The molecule has 3 aromatic rings. The quantitative estimate of drug-likeness (QED) is 0.517. The highest BCUT2D eigenvalue weighted by atomic mass is 79.9. The molecule has 0 aliphatic carbocycles. The van der Waals surface area contributed by atoms with Gasteiger partial charge in [0.05, 0.1) is 17.0 Å². The number of nitrogens with zero attached hydrogens (tertiary/aromatic N) is 3. The summed E-state index contributed by atoms with van der Waals surface area (Å²) in [7, 11) is 0. The molecule has 0 unspecified atom stereocenters. The van der Waals surface area contributed by atoms with Crippen molar-refractivity contribution in [2.45, 2.75) is 32.5 Å². The predicted molar refractivity (Wildman–Crippen MR) is 116 cm³/mol. The van der Waals surface area contributed by atoms with Crippen LogP contribution in [0.25, 0.3) is 11.4 Å². The lowest BCUT2D eigenvalue weighted by molar-refractivity contribution is -0.113. The Labute approximate surface area is 176 Å². The van der Waals surface area contributed by atoms with Crippen molar-refractivity contribution in [3.05, 3.63) is 52.0 Å². The Kier molecular flexibility index (Phi) is 6.41. The van der Waals surface area contributed by atoms with E-state index in [4.69, 9.17) is 0 Å². The molecule has 0 aliphatic rings. The first-order valence-electron chi connectivity index (χ1n) is 8.81. The number of amides is 1. The van der Waals surface area contributed by atoms with Crippen molar-refractivity contribution in [1.82, 2.24) is 14.8 Å². The van der Waals surface area contributed by atoms with Crippen molar-refractivity contribution in [3.8, 4) is 17.1 Å². The Morgan fingerprint density at radius 2 is 1.93 bits per heavy atom. The summed E-state index contributed by atoms with van der Waals surface area (Å²) >= 11 is 4.81. The number of benzene rings is 2. The third kappa shape index (κ3) is 4.39. The molecule has 1 aromatic heterocycles. The van der Waals surface area contributed by atoms with Gasteiger partial charge in [-0.3, -0.25) is 4.79 Å². The molecule has 0 fully saturated rings. The first kappa shape index (κ1) is 20.4. The molecule has 0 aliphatic heterocycles. The zero-order valence-electron chi connectivity index (χ0n) is 15.9. The lowest BCUT2D eigenvalue weighted by Gasteiger charge is -2.11. The summed E-state index contributed by atoms with van der Waals surface area (Å²) in [5, 5.41) is 22.1. The van der Waals surface area contributed by atoms with Crippen molar-refractivity contribution >= 4 is 39.3 Å². The van der Waals surface area contributed by atoms with Crippen molar-refractivity contribution in [2.75, 3.05) is 11.1 Å². The average molecular weight is 461 g/mol. The maximum Gasteiger partial charge on any atom is 0.234 e. The molecule has 2 N–H and O–H groups in total. The van der Waals surface area contributed by atoms with Crippen LogP contribution < -0.4 is 5.32 Å². The number of rotatable bonds is 6. The van der Waals surface area contributed by atoms with Crippen molar-refractivity contribution in [3.63, 3.8) is 0 Å². The van der Waals surface area contributed by atoms with Crippen LogP contribution in [0.15, 0.2) is 46.0 Å². The van der Waals surface area contributed by atoms with Crippen LogP contribution >= 0.6 is 27.7 Å². The SMILES string of the molecule is CCn1c(SCC(=O)Nc2cc(C)c(C)cc2Br)nnc1-c1ccccc1O. The molecule has 6 nitrogen and oxygen atoms in total.